The Hall–Kier alpha value is -2.22. The molecule has 7 heteroatoms. The van der Waals surface area contributed by atoms with Gasteiger partial charge in [-0.2, -0.15) is 5.10 Å². The minimum atomic E-state index is -1.25. The number of rotatable bonds is 5. The third-order valence-corrected chi connectivity index (χ3v) is 2.91. The van der Waals surface area contributed by atoms with Gasteiger partial charge in [0, 0.05) is 5.56 Å². The molecule has 0 amide bonds. The van der Waals surface area contributed by atoms with Crippen LogP contribution in [0.1, 0.15) is 22.2 Å². The van der Waals surface area contributed by atoms with Gasteiger partial charge >= 0.3 is 5.97 Å². The molecule has 0 bridgehead atoms. The number of nitrogens with one attached hydrogen (secondary N) is 1. The van der Waals surface area contributed by atoms with E-state index in [-0.39, 0.29) is 5.69 Å². The van der Waals surface area contributed by atoms with Crippen molar-refractivity contribution in [2.75, 3.05) is 6.61 Å². The summed E-state index contributed by atoms with van der Waals surface area (Å²) < 4.78 is 0. The van der Waals surface area contributed by atoms with Crippen LogP contribution < -0.4 is 0 Å². The maximum Gasteiger partial charge on any atom is 0.353 e. The first kappa shape index (κ1) is 14.2. The van der Waals surface area contributed by atoms with Crippen LogP contribution in [0.2, 0.25) is 0 Å². The number of benzene rings is 1. The second kappa shape index (κ2) is 5.83. The first-order valence-electron chi connectivity index (χ1n) is 5.89. The van der Waals surface area contributed by atoms with E-state index in [1.807, 2.05) is 0 Å². The molecule has 0 aliphatic carbocycles. The highest BCUT2D eigenvalue weighted by Crippen LogP contribution is 2.22. The summed E-state index contributed by atoms with van der Waals surface area (Å²) in [6.45, 7) is -0.537. The van der Waals surface area contributed by atoms with Crippen LogP contribution in [0.3, 0.4) is 0 Å². The van der Waals surface area contributed by atoms with Crippen molar-refractivity contribution in [3.05, 3.63) is 41.6 Å². The molecular formula is C13H14N2O5. The average Bonchev–Trinajstić information content (AvgIpc) is 2.96. The summed E-state index contributed by atoms with van der Waals surface area (Å²) in [6.07, 6.45) is -2.42. The van der Waals surface area contributed by atoms with Gasteiger partial charge in [-0.15, -0.1) is 0 Å². The summed E-state index contributed by atoms with van der Waals surface area (Å²) in [7, 11) is 0. The number of nitrogens with zero attached hydrogens (tertiary/aromatic N) is 1. The third kappa shape index (κ3) is 2.85. The number of aromatic carboxylic acids is 1. The molecule has 2 aromatic rings. The zero-order valence-electron chi connectivity index (χ0n) is 10.4. The second-order valence-electron chi connectivity index (χ2n) is 4.29. The van der Waals surface area contributed by atoms with E-state index in [1.54, 1.807) is 24.3 Å². The number of aliphatic hydroxyl groups excluding tert-OH is 3. The molecule has 0 saturated carbocycles. The van der Waals surface area contributed by atoms with Crippen molar-refractivity contribution in [3.63, 3.8) is 0 Å². The smallest absolute Gasteiger partial charge is 0.353 e. The van der Waals surface area contributed by atoms with E-state index >= 15 is 0 Å². The van der Waals surface area contributed by atoms with Crippen molar-refractivity contribution in [2.45, 2.75) is 12.2 Å². The number of carbonyl (C=O) groups is 1. The minimum absolute atomic E-state index is 0.0141. The molecule has 1 heterocycles. The number of aliphatic hydroxyl groups is 3. The Bertz CT molecular complexity index is 593. The number of H-pyrrole nitrogens is 1. The van der Waals surface area contributed by atoms with Crippen molar-refractivity contribution in [3.8, 4) is 11.3 Å². The van der Waals surface area contributed by atoms with Gasteiger partial charge < -0.3 is 20.4 Å². The van der Waals surface area contributed by atoms with Gasteiger partial charge in [0.1, 0.15) is 17.9 Å². The molecule has 106 valence electrons. The molecule has 0 radical (unpaired) electrons. The lowest BCUT2D eigenvalue weighted by Crippen LogP contribution is -2.21. The number of aromatic amines is 1. The SMILES string of the molecule is O=C(O)c1cc(-c2ccc(C(O)C(O)CO)cc2)n[nH]1. The largest absolute Gasteiger partial charge is 0.477 e. The molecule has 0 fully saturated rings. The van der Waals surface area contributed by atoms with Crippen LogP contribution in [0.4, 0.5) is 0 Å². The van der Waals surface area contributed by atoms with Crippen molar-refractivity contribution < 1.29 is 25.2 Å². The van der Waals surface area contributed by atoms with Crippen molar-refractivity contribution in [2.24, 2.45) is 0 Å². The Morgan fingerprint density at radius 2 is 1.90 bits per heavy atom. The van der Waals surface area contributed by atoms with Crippen LogP contribution >= 0.6 is 0 Å². The number of carboxylic acids is 1. The Morgan fingerprint density at radius 1 is 1.25 bits per heavy atom. The Balaban J connectivity index is 2.21. The monoisotopic (exact) mass is 278 g/mol. The van der Waals surface area contributed by atoms with Gasteiger partial charge in [-0.05, 0) is 11.6 Å². The van der Waals surface area contributed by atoms with Crippen LogP contribution in [-0.4, -0.2) is 49.3 Å². The van der Waals surface area contributed by atoms with Crippen LogP contribution in [-0.2, 0) is 0 Å². The molecule has 0 aliphatic heterocycles. The van der Waals surface area contributed by atoms with Gasteiger partial charge in [0.25, 0.3) is 0 Å². The van der Waals surface area contributed by atoms with Crippen molar-refractivity contribution in [1.29, 1.82) is 0 Å². The quantitative estimate of drug-likeness (QED) is 0.530. The highest BCUT2D eigenvalue weighted by molar-refractivity contribution is 5.86. The molecule has 2 unspecified atom stereocenters. The van der Waals surface area contributed by atoms with E-state index in [4.69, 9.17) is 10.2 Å². The Labute approximate surface area is 114 Å². The van der Waals surface area contributed by atoms with E-state index in [2.05, 4.69) is 10.2 Å². The van der Waals surface area contributed by atoms with Crippen LogP contribution in [0.5, 0.6) is 0 Å². The summed E-state index contributed by atoms with van der Waals surface area (Å²) >= 11 is 0. The van der Waals surface area contributed by atoms with E-state index < -0.39 is 24.8 Å². The van der Waals surface area contributed by atoms with Crippen LogP contribution in [0, 0.1) is 0 Å². The maximum absolute atomic E-state index is 10.7. The molecule has 5 N–H and O–H groups in total. The fourth-order valence-corrected chi connectivity index (χ4v) is 1.75. The number of carboxylic acid groups (broad SMARTS) is 1. The standard InChI is InChI=1S/C13H14N2O5/c16-6-11(17)12(18)8-3-1-7(2-4-8)9-5-10(13(19)20)15-14-9/h1-5,11-12,16-18H,6H2,(H,14,15)(H,19,20). The van der Waals surface area contributed by atoms with E-state index in [9.17, 15) is 15.0 Å². The van der Waals surface area contributed by atoms with Crippen LogP contribution in [0.25, 0.3) is 11.3 Å². The van der Waals surface area contributed by atoms with E-state index in [1.165, 1.54) is 6.07 Å². The zero-order valence-corrected chi connectivity index (χ0v) is 10.4. The first-order chi connectivity index (χ1) is 9.52. The van der Waals surface area contributed by atoms with E-state index in [0.29, 0.717) is 16.8 Å². The summed E-state index contributed by atoms with van der Waals surface area (Å²) in [5.41, 5.74) is 1.57. The Morgan fingerprint density at radius 3 is 2.40 bits per heavy atom. The second-order valence-corrected chi connectivity index (χ2v) is 4.29. The molecule has 2 atom stereocenters. The predicted octanol–water partition coefficient (Wildman–Crippen LogP) is 0.161. The molecule has 0 saturated heterocycles. The van der Waals surface area contributed by atoms with E-state index in [0.717, 1.165) is 0 Å². The lowest BCUT2D eigenvalue weighted by molar-refractivity contribution is -0.0152. The lowest BCUT2D eigenvalue weighted by Gasteiger charge is -2.15. The highest BCUT2D eigenvalue weighted by Gasteiger charge is 2.17. The summed E-state index contributed by atoms with van der Waals surface area (Å²) in [5.74, 6) is -1.10. The molecule has 0 spiro atoms. The van der Waals surface area contributed by atoms with Gasteiger partial charge in [0.15, 0.2) is 0 Å². The number of aromatic nitrogens is 2. The molecule has 1 aromatic heterocycles. The van der Waals surface area contributed by atoms with Gasteiger partial charge in [-0.3, -0.25) is 5.10 Å². The lowest BCUT2D eigenvalue weighted by atomic mass is 10.0. The summed E-state index contributed by atoms with van der Waals surface area (Å²) in [6, 6.07) is 7.84. The predicted molar refractivity (Wildman–Crippen MR) is 69.0 cm³/mol. The van der Waals surface area contributed by atoms with Crippen LogP contribution in [0.15, 0.2) is 30.3 Å². The average molecular weight is 278 g/mol. The van der Waals surface area contributed by atoms with Gasteiger partial charge in [-0.1, -0.05) is 24.3 Å². The molecule has 2 rings (SSSR count). The molecule has 0 aliphatic rings. The van der Waals surface area contributed by atoms with Crippen molar-refractivity contribution in [1.82, 2.24) is 10.2 Å². The minimum Gasteiger partial charge on any atom is -0.477 e. The first-order valence-corrected chi connectivity index (χ1v) is 5.89. The van der Waals surface area contributed by atoms with Crippen molar-refractivity contribution >= 4 is 5.97 Å². The topological polar surface area (TPSA) is 127 Å². The van der Waals surface area contributed by atoms with Gasteiger partial charge in [0.2, 0.25) is 0 Å². The number of hydrogen-bond acceptors (Lipinski definition) is 5. The molecular weight excluding hydrogens is 264 g/mol. The Kier molecular flexibility index (Phi) is 4.14. The molecule has 20 heavy (non-hydrogen) atoms. The fraction of sp³-hybridized carbons (Fsp3) is 0.231. The zero-order chi connectivity index (χ0) is 14.7. The number of hydrogen-bond donors (Lipinski definition) is 5. The summed E-state index contributed by atoms with van der Waals surface area (Å²) in [4.78, 5) is 10.7. The van der Waals surface area contributed by atoms with Gasteiger partial charge in [-0.25, -0.2) is 4.79 Å². The maximum atomic E-state index is 10.7. The summed E-state index contributed by atoms with van der Waals surface area (Å²) in [5, 5.41) is 42.9. The highest BCUT2D eigenvalue weighted by atomic mass is 16.4. The third-order valence-electron chi connectivity index (χ3n) is 2.91. The molecule has 7 nitrogen and oxygen atoms in total. The van der Waals surface area contributed by atoms with Gasteiger partial charge in [0.05, 0.1) is 12.3 Å². The normalized spacial score (nSPS) is 13.9. The fourth-order valence-electron chi connectivity index (χ4n) is 1.75. The molecule has 1 aromatic carbocycles.